The minimum absolute atomic E-state index is 0.0992. The van der Waals surface area contributed by atoms with Gasteiger partial charge in [-0.25, -0.2) is 4.79 Å². The van der Waals surface area contributed by atoms with E-state index in [0.717, 1.165) is 103 Å². The van der Waals surface area contributed by atoms with E-state index < -0.39 is 0 Å². The number of aromatic nitrogens is 1. The number of carbonyl (C=O) groups excluding carboxylic acids is 3. The monoisotopic (exact) mass is 813 g/mol. The van der Waals surface area contributed by atoms with Crippen LogP contribution in [0.2, 0.25) is 0 Å². The van der Waals surface area contributed by atoms with E-state index in [2.05, 4.69) is 51.7 Å². The Labute approximate surface area is 352 Å². The summed E-state index contributed by atoms with van der Waals surface area (Å²) in [7, 11) is 0. The lowest BCUT2D eigenvalue weighted by molar-refractivity contribution is -0.120. The first-order valence-corrected chi connectivity index (χ1v) is 21.4. The number of carbonyl (C=O) groups is 3. The van der Waals surface area contributed by atoms with E-state index in [1.54, 1.807) is 4.90 Å². The van der Waals surface area contributed by atoms with Gasteiger partial charge in [0.15, 0.2) is 0 Å². The van der Waals surface area contributed by atoms with Gasteiger partial charge in [-0.05, 0) is 105 Å². The number of aryl methyl sites for hydroxylation is 3. The highest BCUT2D eigenvalue weighted by Gasteiger charge is 2.32. The molecule has 0 bridgehead atoms. The second-order valence-electron chi connectivity index (χ2n) is 17.0. The fourth-order valence-electron chi connectivity index (χ4n) is 9.79. The van der Waals surface area contributed by atoms with Crippen LogP contribution in [0.3, 0.4) is 0 Å². The second-order valence-corrected chi connectivity index (χ2v) is 17.0. The van der Waals surface area contributed by atoms with Gasteiger partial charge in [0.05, 0.1) is 23.5 Å². The lowest BCUT2D eigenvalue weighted by atomic mass is 9.92. The van der Waals surface area contributed by atoms with Gasteiger partial charge >= 0.3 is 6.03 Å². The maximum absolute atomic E-state index is 14.0. The van der Waals surface area contributed by atoms with Gasteiger partial charge in [0.25, 0.3) is 5.91 Å². The molecule has 1 atom stereocenters. The van der Waals surface area contributed by atoms with Crippen molar-refractivity contribution in [2.45, 2.75) is 65.0 Å². The van der Waals surface area contributed by atoms with Crippen molar-refractivity contribution in [2.75, 3.05) is 63.9 Å². The number of hydrogen-bond acceptors (Lipinski definition) is 9. The van der Waals surface area contributed by atoms with Gasteiger partial charge in [-0.15, -0.1) is 0 Å². The van der Waals surface area contributed by atoms with Crippen molar-refractivity contribution in [3.05, 3.63) is 118 Å². The van der Waals surface area contributed by atoms with Gasteiger partial charge in [-0.3, -0.25) is 19.8 Å². The van der Waals surface area contributed by atoms with Crippen LogP contribution in [0.5, 0.6) is 0 Å². The minimum atomic E-state index is -0.354. The summed E-state index contributed by atoms with van der Waals surface area (Å²) < 4.78 is 8.75. The van der Waals surface area contributed by atoms with E-state index >= 15 is 0 Å². The molecule has 13 nitrogen and oxygen atoms in total. The molecule has 4 saturated heterocycles. The van der Waals surface area contributed by atoms with E-state index in [4.69, 9.17) is 21.9 Å². The highest BCUT2D eigenvalue weighted by Crippen LogP contribution is 2.36. The van der Waals surface area contributed by atoms with Crippen molar-refractivity contribution < 1.29 is 19.1 Å². The Morgan fingerprint density at radius 1 is 0.833 bits per heavy atom. The summed E-state index contributed by atoms with van der Waals surface area (Å²) in [6.45, 7) is 12.9. The van der Waals surface area contributed by atoms with Crippen LogP contribution in [0.15, 0.2) is 84.3 Å². The van der Waals surface area contributed by atoms with Crippen LogP contribution < -0.4 is 27.4 Å². The van der Waals surface area contributed by atoms with Crippen LogP contribution >= 0.6 is 0 Å². The topological polar surface area (TPSA) is 168 Å². The lowest BCUT2D eigenvalue weighted by Gasteiger charge is -2.38. The molecule has 4 amide bonds. The highest BCUT2D eigenvalue weighted by atomic mass is 16.5. The third kappa shape index (κ3) is 8.46. The first-order chi connectivity index (χ1) is 28.9. The maximum Gasteiger partial charge on any atom is 0.328 e. The Bertz CT molecular complexity index is 2320. The Balaban J connectivity index is 0.848. The maximum atomic E-state index is 14.0. The van der Waals surface area contributed by atoms with Crippen molar-refractivity contribution in [1.29, 1.82) is 0 Å². The van der Waals surface area contributed by atoms with E-state index in [0.29, 0.717) is 56.0 Å². The molecule has 4 aromatic rings. The standard InChI is InChI=1S/C47H59N9O4/c1-30-25-37(31(2)24-36(30)43-29-54(22-23-60-43)42(45(49)50)27-39(48)34-8-5-4-6-9-34)46(58)53-19-12-33(13-20-53)28-52-17-14-35(15-18-52)56-32(3)26-38-40(10-7-11-41(38)56)55-21-16-44(57)51-47(55)59/h4-11,24-27,33,35,43H,12-23,28-29,48-50H2,1-3H3,(H,51,57,59)/b39-27-. The van der Waals surface area contributed by atoms with Crippen LogP contribution in [0.4, 0.5) is 10.5 Å². The van der Waals surface area contributed by atoms with Crippen LogP contribution in [-0.2, 0) is 9.53 Å². The highest BCUT2D eigenvalue weighted by molar-refractivity contribution is 6.09. The molecule has 5 heterocycles. The molecule has 0 aliphatic carbocycles. The van der Waals surface area contributed by atoms with E-state index in [9.17, 15) is 14.4 Å². The number of nitrogens with one attached hydrogen (secondary N) is 1. The van der Waals surface area contributed by atoms with E-state index in [1.807, 2.05) is 66.4 Å². The van der Waals surface area contributed by atoms with E-state index in [-0.39, 0.29) is 29.8 Å². The number of fused-ring (bicyclic) bond motifs is 1. The van der Waals surface area contributed by atoms with Crippen molar-refractivity contribution in [3.63, 3.8) is 0 Å². The number of benzene rings is 3. The molecule has 60 heavy (non-hydrogen) atoms. The first-order valence-electron chi connectivity index (χ1n) is 21.4. The number of nitrogens with zero attached hydrogens (tertiary/aromatic N) is 5. The minimum Gasteiger partial charge on any atom is -0.398 e. The SMILES string of the molecule is Cc1cc(C2CN(C(/C=C(\N)c3ccccc3)=C(N)N)CCO2)c(C)cc1C(=O)N1CCC(CN2CCC(n3c(C)cc4c(N5CCC(=O)NC5=O)cccc43)CC2)CC1. The van der Waals surface area contributed by atoms with Gasteiger partial charge in [-0.1, -0.05) is 42.5 Å². The number of nitrogens with two attached hydrogens (primary N) is 3. The Morgan fingerprint density at radius 3 is 2.30 bits per heavy atom. The number of ether oxygens (including phenoxy) is 1. The van der Waals surface area contributed by atoms with Crippen LogP contribution in [0, 0.1) is 26.7 Å². The molecular weight excluding hydrogens is 755 g/mol. The molecule has 4 aliphatic heterocycles. The van der Waals surface area contributed by atoms with Crippen LogP contribution in [0.25, 0.3) is 16.6 Å². The molecule has 3 aromatic carbocycles. The predicted octanol–water partition coefficient (Wildman–Crippen LogP) is 5.66. The molecule has 0 radical (unpaired) electrons. The molecule has 0 spiro atoms. The summed E-state index contributed by atoms with van der Waals surface area (Å²) in [5.41, 5.74) is 28.0. The number of likely N-dealkylation sites (tertiary alicyclic amines) is 2. The molecule has 4 fully saturated rings. The van der Waals surface area contributed by atoms with Gasteiger partial charge in [-0.2, -0.15) is 0 Å². The Kier molecular flexibility index (Phi) is 11.9. The van der Waals surface area contributed by atoms with Crippen LogP contribution in [-0.4, -0.2) is 96.1 Å². The summed E-state index contributed by atoms with van der Waals surface area (Å²) in [6.07, 6.45) is 6.04. The molecule has 1 aromatic heterocycles. The number of piperidine rings is 2. The largest absolute Gasteiger partial charge is 0.398 e. The van der Waals surface area contributed by atoms with Crippen molar-refractivity contribution >= 4 is 40.1 Å². The van der Waals surface area contributed by atoms with Crippen LogP contribution in [0.1, 0.15) is 82.6 Å². The summed E-state index contributed by atoms with van der Waals surface area (Å²) in [6, 6.07) is 22.2. The average molecular weight is 814 g/mol. The number of allylic oxidation sites excluding steroid dienone is 1. The van der Waals surface area contributed by atoms with Crippen molar-refractivity contribution in [3.8, 4) is 0 Å². The Morgan fingerprint density at radius 2 is 1.58 bits per heavy atom. The van der Waals surface area contributed by atoms with Crippen molar-refractivity contribution in [2.24, 2.45) is 23.1 Å². The molecular formula is C47H59N9O4. The summed E-state index contributed by atoms with van der Waals surface area (Å²) in [4.78, 5) is 46.9. The third-order valence-corrected chi connectivity index (χ3v) is 13.0. The number of rotatable bonds is 9. The molecule has 7 N–H and O–H groups in total. The number of imide groups is 1. The van der Waals surface area contributed by atoms with Gasteiger partial charge in [0.1, 0.15) is 11.9 Å². The zero-order valence-corrected chi connectivity index (χ0v) is 35.2. The quantitative estimate of drug-likeness (QED) is 0.156. The number of anilines is 1. The molecule has 4 aliphatic rings. The number of hydrogen-bond donors (Lipinski definition) is 4. The van der Waals surface area contributed by atoms with Crippen molar-refractivity contribution in [1.82, 2.24) is 24.6 Å². The summed E-state index contributed by atoms with van der Waals surface area (Å²) in [5, 5.41) is 3.51. The zero-order valence-electron chi connectivity index (χ0n) is 35.2. The van der Waals surface area contributed by atoms with Gasteiger partial charge < -0.3 is 41.2 Å². The number of morpholine rings is 1. The fraction of sp³-hybridized carbons (Fsp3) is 0.426. The predicted molar refractivity (Wildman–Crippen MR) is 236 cm³/mol. The lowest BCUT2D eigenvalue weighted by Crippen LogP contribution is -2.49. The summed E-state index contributed by atoms with van der Waals surface area (Å²) in [5.74, 6) is 0.636. The fourth-order valence-corrected chi connectivity index (χ4v) is 9.79. The first kappa shape index (κ1) is 41.0. The average Bonchev–Trinajstić information content (AvgIpc) is 3.60. The molecule has 316 valence electrons. The van der Waals surface area contributed by atoms with Gasteiger partial charge in [0, 0.05) is 87.2 Å². The summed E-state index contributed by atoms with van der Waals surface area (Å²) >= 11 is 0. The molecule has 13 heteroatoms. The van der Waals surface area contributed by atoms with E-state index in [1.165, 1.54) is 5.69 Å². The second kappa shape index (κ2) is 17.4. The normalized spacial score (nSPS) is 20.1. The van der Waals surface area contributed by atoms with Gasteiger partial charge in [0.2, 0.25) is 5.91 Å². The molecule has 8 rings (SSSR count). The zero-order chi connectivity index (χ0) is 42.1. The number of amides is 4. The smallest absolute Gasteiger partial charge is 0.328 e. The molecule has 0 saturated carbocycles. The molecule has 1 unspecified atom stereocenters. The third-order valence-electron chi connectivity index (χ3n) is 13.0. The Hall–Kier alpha value is -5.79. The number of urea groups is 1.